The highest BCUT2D eigenvalue weighted by atomic mass is 16.5. The van der Waals surface area contributed by atoms with E-state index in [0.29, 0.717) is 29.4 Å². The van der Waals surface area contributed by atoms with Crippen LogP contribution in [-0.4, -0.2) is 49.0 Å². The van der Waals surface area contributed by atoms with Crippen LogP contribution in [0.25, 0.3) is 141 Å². The van der Waals surface area contributed by atoms with Crippen molar-refractivity contribution in [1.82, 2.24) is 49.0 Å². The molecule has 690 valence electrons. The first-order chi connectivity index (χ1) is 72.4. The Morgan fingerprint density at radius 3 is 0.842 bits per heavy atom. The number of fused-ring (bicyclic) bond motifs is 14. The summed E-state index contributed by atoms with van der Waals surface area (Å²) in [6, 6.07) is 173. The summed E-state index contributed by atoms with van der Waals surface area (Å²) in [6.07, 6.45) is 1.86. The molecule has 0 saturated heterocycles. The van der Waals surface area contributed by atoms with Crippen molar-refractivity contribution in [3.63, 3.8) is 0 Å². The minimum Gasteiger partial charge on any atom is -0.453 e. The summed E-state index contributed by atoms with van der Waals surface area (Å²) in [6.45, 7) is 0. The van der Waals surface area contributed by atoms with Crippen molar-refractivity contribution in [3.05, 3.63) is 520 Å². The second kappa shape index (κ2) is 36.4. The average molecular weight is 1880 g/mol. The van der Waals surface area contributed by atoms with Crippen LogP contribution in [0, 0.1) is 0 Å². The molecule has 20 aromatic carbocycles. The molecule has 0 N–H and O–H groups in total. The van der Waals surface area contributed by atoms with Crippen molar-refractivity contribution < 1.29 is 13.9 Å². The van der Waals surface area contributed by atoms with Crippen molar-refractivity contribution in [2.24, 2.45) is 0 Å². The van der Waals surface area contributed by atoms with Gasteiger partial charge in [-0.05, 0) is 264 Å². The molecule has 9 heterocycles. The number of anilines is 12. The zero-order chi connectivity index (χ0) is 96.5. The van der Waals surface area contributed by atoms with E-state index in [0.717, 1.165) is 165 Å². The highest BCUT2D eigenvalue weighted by Gasteiger charge is 2.32. The molecule has 5 aromatic heterocycles. The van der Waals surface area contributed by atoms with Crippen LogP contribution in [0.3, 0.4) is 0 Å². The lowest BCUT2D eigenvalue weighted by Crippen LogP contribution is -2.18. The van der Waals surface area contributed by atoms with E-state index in [-0.39, 0.29) is 0 Å². The number of nitrogens with zero attached hydrogens (tertiary/aromatic N) is 14. The van der Waals surface area contributed by atoms with E-state index in [1.165, 1.54) is 72.4 Å². The quantitative estimate of drug-likeness (QED) is 0.102. The summed E-state index contributed by atoms with van der Waals surface area (Å²) in [7, 11) is 0. The molecule has 0 atom stereocenters. The van der Waals surface area contributed by atoms with E-state index in [4.69, 9.17) is 39.0 Å². The highest BCUT2D eigenvalue weighted by Crippen LogP contribution is 2.54. The topological polar surface area (TPSA) is 150 Å². The van der Waals surface area contributed by atoms with Crippen molar-refractivity contribution in [2.75, 3.05) is 19.6 Å². The first-order valence-electron chi connectivity index (χ1n) is 48.9. The second-order valence-corrected chi connectivity index (χ2v) is 36.4. The summed E-state index contributed by atoms with van der Waals surface area (Å²) in [5.41, 5.74) is 32.8. The Bertz CT molecular complexity index is 8720. The van der Waals surface area contributed by atoms with Gasteiger partial charge in [-0.3, -0.25) is 9.13 Å². The molecular formula is C129H86N14O3. The molecule has 0 unspecified atom stereocenters. The van der Waals surface area contributed by atoms with Crippen LogP contribution in [-0.2, 0) is 12.8 Å². The third-order valence-electron chi connectivity index (χ3n) is 27.8. The average Bonchev–Trinajstić information content (AvgIpc) is 1.67. The third-order valence-corrected chi connectivity index (χ3v) is 27.8. The fourth-order valence-corrected chi connectivity index (χ4v) is 20.9. The number of aromatic nitrogens is 10. The molecule has 25 aromatic rings. The van der Waals surface area contributed by atoms with Gasteiger partial charge in [-0.15, -0.1) is 20.4 Å². The third kappa shape index (κ3) is 15.3. The van der Waals surface area contributed by atoms with E-state index in [2.05, 4.69) is 365 Å². The molecule has 0 fully saturated rings. The maximum Gasteiger partial charge on any atom is 0.248 e. The molecule has 0 saturated carbocycles. The van der Waals surface area contributed by atoms with Gasteiger partial charge >= 0.3 is 0 Å². The summed E-state index contributed by atoms with van der Waals surface area (Å²) in [5.74, 6) is 7.67. The van der Waals surface area contributed by atoms with Gasteiger partial charge in [0, 0.05) is 125 Å². The zero-order valence-corrected chi connectivity index (χ0v) is 78.7. The number of hydrogen-bond donors (Lipinski definition) is 0. The van der Waals surface area contributed by atoms with E-state index in [1.807, 2.05) is 176 Å². The fourth-order valence-electron chi connectivity index (χ4n) is 20.9. The Kier molecular flexibility index (Phi) is 21.3. The Morgan fingerprint density at radius 2 is 0.466 bits per heavy atom. The molecule has 0 radical (unpaired) electrons. The van der Waals surface area contributed by atoms with Crippen LogP contribution in [0.2, 0.25) is 0 Å². The molecule has 29 rings (SSSR count). The van der Waals surface area contributed by atoms with Gasteiger partial charge in [-0.25, -0.2) is 4.98 Å². The van der Waals surface area contributed by atoms with E-state index in [9.17, 15) is 0 Å². The summed E-state index contributed by atoms with van der Waals surface area (Å²) >= 11 is 0. The van der Waals surface area contributed by atoms with Gasteiger partial charge in [0.1, 0.15) is 0 Å². The van der Waals surface area contributed by atoms with Gasteiger partial charge in [0.15, 0.2) is 46.3 Å². The highest BCUT2D eigenvalue weighted by molar-refractivity contribution is 6.13. The first-order valence-corrected chi connectivity index (χ1v) is 48.9. The first kappa shape index (κ1) is 85.3. The number of rotatable bonds is 14. The van der Waals surface area contributed by atoms with E-state index in [1.54, 1.807) is 0 Å². The van der Waals surface area contributed by atoms with Crippen LogP contribution in [0.4, 0.5) is 68.2 Å². The predicted molar refractivity (Wildman–Crippen MR) is 587 cm³/mol. The smallest absolute Gasteiger partial charge is 0.248 e. The van der Waals surface area contributed by atoms with Crippen molar-refractivity contribution in [3.8, 4) is 120 Å². The van der Waals surface area contributed by atoms with Crippen LogP contribution in [0.1, 0.15) is 22.3 Å². The van der Waals surface area contributed by atoms with Crippen LogP contribution < -0.4 is 29.1 Å². The van der Waals surface area contributed by atoms with Crippen molar-refractivity contribution in [2.45, 2.75) is 12.8 Å². The van der Waals surface area contributed by atoms with Crippen molar-refractivity contribution >= 4 is 112 Å². The standard InChI is InChI=1S/C45H31N5O.C45H29N5.C39H26N4O2/c1-2-14-35(15-3-1)50-44(31-22-26-36(27-23-31)48-38-16-6-4-12-33(38)30-34-13-5-7-17-39(34)48)46-47-45(50)32-24-28-37(29-25-32)49-40-18-8-10-20-42(40)51-43-21-11-9-19-41(43)49;1-4-14-30(15-5-1)43-46-44(31-16-6-2-7-17-31)48-45(47-43)50-40-23-13-11-21-36(40)38-29-33(25-27-42(38)50)32-24-26-41-37(28-32)35-20-10-12-22-39(35)49(41)34-18-8-3-9-19-34;1-3-11-32-28(9-1)25-29-10-2-4-12-33(29)42(32)30-21-17-26(18-22-30)38-40-41-39(45-38)27-19-23-31(24-20-27)43-34-13-5-7-15-36(34)44-37-16-8-6-14-35(37)43/h1-29H,30H2;1-29H;1-24H,25H2. The summed E-state index contributed by atoms with van der Waals surface area (Å²) in [5, 5.41) is 23.1. The molecule has 0 aliphatic carbocycles. The lowest BCUT2D eigenvalue weighted by molar-refractivity contribution is 0.477. The van der Waals surface area contributed by atoms with Crippen LogP contribution >= 0.6 is 0 Å². The minimum atomic E-state index is 0.474. The Balaban J connectivity index is 0.000000109. The Hall–Kier alpha value is -19.9. The number of hydrogen-bond acceptors (Lipinski definition) is 14. The maximum absolute atomic E-state index is 6.24. The molecular weight excluding hydrogens is 1790 g/mol. The fraction of sp³-hybridized carbons (Fsp3) is 0.0155. The SMILES string of the molecule is c1ccc(-c2nc(-c3ccccc3)nc(-n3c4ccccc4c4cc(-c5ccc6c(c5)c5ccccc5n6-c5ccccc5)ccc43)n2)cc1.c1ccc(-n2c(-c3ccc(N4c5ccccc5Cc5ccccc54)cc3)nnc2-c2ccc(N3c4ccccc4Oc4ccccc43)cc2)cc1.c1ccc2c(c1)Cc1ccccc1N2c1ccc(-c2nnc(-c3ccc(N4c5ccccc5Oc5ccccc54)cc3)o2)cc1. The summed E-state index contributed by atoms with van der Waals surface area (Å²) in [4.78, 5) is 24.2. The van der Waals surface area contributed by atoms with E-state index < -0.39 is 0 Å². The molecule has 0 bridgehead atoms. The molecule has 4 aliphatic rings. The number of ether oxygens (including phenoxy) is 2. The zero-order valence-electron chi connectivity index (χ0n) is 78.7. The Morgan fingerprint density at radius 1 is 0.185 bits per heavy atom. The molecule has 146 heavy (non-hydrogen) atoms. The van der Waals surface area contributed by atoms with Crippen LogP contribution in [0.15, 0.2) is 502 Å². The second-order valence-electron chi connectivity index (χ2n) is 36.4. The van der Waals surface area contributed by atoms with Gasteiger partial charge in [0.2, 0.25) is 17.7 Å². The number of para-hydroxylation sites is 16. The van der Waals surface area contributed by atoms with Gasteiger partial charge < -0.3 is 38.1 Å². The molecule has 0 spiro atoms. The van der Waals surface area contributed by atoms with Gasteiger partial charge in [-0.2, -0.15) is 9.97 Å². The lowest BCUT2D eigenvalue weighted by Gasteiger charge is -2.33. The number of benzene rings is 20. The minimum absolute atomic E-state index is 0.474. The molecule has 17 heteroatoms. The van der Waals surface area contributed by atoms with E-state index >= 15 is 0 Å². The molecule has 4 aliphatic heterocycles. The van der Waals surface area contributed by atoms with Gasteiger partial charge in [0.25, 0.3) is 0 Å². The largest absolute Gasteiger partial charge is 0.453 e. The van der Waals surface area contributed by atoms with Crippen LogP contribution in [0.5, 0.6) is 23.0 Å². The normalized spacial score (nSPS) is 12.4. The molecule has 17 nitrogen and oxygen atoms in total. The monoisotopic (exact) mass is 1880 g/mol. The maximum atomic E-state index is 6.24. The summed E-state index contributed by atoms with van der Waals surface area (Å²) < 4.78 is 25.3. The predicted octanol–water partition coefficient (Wildman–Crippen LogP) is 33.0. The van der Waals surface area contributed by atoms with Gasteiger partial charge in [0.05, 0.1) is 44.8 Å². The molecule has 0 amide bonds. The Labute approximate surface area is 841 Å². The van der Waals surface area contributed by atoms with Gasteiger partial charge in [-0.1, -0.05) is 267 Å². The lowest BCUT2D eigenvalue weighted by atomic mass is 9.95. The van der Waals surface area contributed by atoms with Crippen molar-refractivity contribution in [1.29, 1.82) is 0 Å².